The van der Waals surface area contributed by atoms with Gasteiger partial charge in [0, 0.05) is 18.1 Å². The summed E-state index contributed by atoms with van der Waals surface area (Å²) < 4.78 is 10.7. The number of amides is 2. The SMILES string of the molecule is O=C(NCc1ccc2c(c1)OCO2)C1(C(=O)Nc2cccc3cccnc23)CC1. The highest BCUT2D eigenvalue weighted by Crippen LogP contribution is 2.47. The zero-order chi connectivity index (χ0) is 19.8. The molecule has 0 unspecified atom stereocenters. The smallest absolute Gasteiger partial charge is 0.240 e. The number of para-hydroxylation sites is 1. The van der Waals surface area contributed by atoms with Crippen LogP contribution in [0.2, 0.25) is 0 Å². The molecule has 1 aromatic heterocycles. The summed E-state index contributed by atoms with van der Waals surface area (Å²) in [6.07, 6.45) is 2.75. The molecule has 7 heteroatoms. The van der Waals surface area contributed by atoms with Gasteiger partial charge in [-0.25, -0.2) is 0 Å². The average molecular weight is 389 g/mol. The molecule has 0 saturated heterocycles. The van der Waals surface area contributed by atoms with Gasteiger partial charge in [-0.2, -0.15) is 0 Å². The van der Waals surface area contributed by atoms with Crippen LogP contribution in [0.15, 0.2) is 54.7 Å². The fraction of sp³-hybridized carbons (Fsp3) is 0.227. The molecule has 2 aliphatic rings. The molecule has 29 heavy (non-hydrogen) atoms. The van der Waals surface area contributed by atoms with Crippen molar-refractivity contribution < 1.29 is 19.1 Å². The van der Waals surface area contributed by atoms with Gasteiger partial charge in [-0.3, -0.25) is 14.6 Å². The fourth-order valence-corrected chi connectivity index (χ4v) is 3.53. The van der Waals surface area contributed by atoms with Gasteiger partial charge in [0.1, 0.15) is 5.41 Å². The van der Waals surface area contributed by atoms with Crippen molar-refractivity contribution in [2.45, 2.75) is 19.4 Å². The molecule has 0 spiro atoms. The first kappa shape index (κ1) is 17.5. The highest BCUT2D eigenvalue weighted by atomic mass is 16.7. The largest absolute Gasteiger partial charge is 0.454 e. The normalized spacial score (nSPS) is 15.7. The van der Waals surface area contributed by atoms with Crippen LogP contribution >= 0.6 is 0 Å². The van der Waals surface area contributed by atoms with Crippen LogP contribution < -0.4 is 20.1 Å². The van der Waals surface area contributed by atoms with Crippen LogP contribution in [-0.4, -0.2) is 23.6 Å². The number of carbonyl (C=O) groups is 2. The van der Waals surface area contributed by atoms with Crippen molar-refractivity contribution in [3.05, 3.63) is 60.3 Å². The third-order valence-electron chi connectivity index (χ3n) is 5.39. The molecule has 1 fully saturated rings. The second kappa shape index (κ2) is 6.77. The maximum Gasteiger partial charge on any atom is 0.240 e. The van der Waals surface area contributed by atoms with Crippen LogP contribution in [0.3, 0.4) is 0 Å². The molecule has 2 heterocycles. The van der Waals surface area contributed by atoms with Crippen molar-refractivity contribution >= 4 is 28.4 Å². The van der Waals surface area contributed by atoms with Crippen LogP contribution in [0.1, 0.15) is 18.4 Å². The van der Waals surface area contributed by atoms with Crippen LogP contribution in [0, 0.1) is 5.41 Å². The number of aromatic nitrogens is 1. The zero-order valence-corrected chi connectivity index (χ0v) is 15.6. The summed E-state index contributed by atoms with van der Waals surface area (Å²) in [6.45, 7) is 0.526. The lowest BCUT2D eigenvalue weighted by Crippen LogP contribution is -2.39. The summed E-state index contributed by atoms with van der Waals surface area (Å²) >= 11 is 0. The Kier molecular flexibility index (Phi) is 4.08. The third-order valence-corrected chi connectivity index (χ3v) is 5.39. The second-order valence-electron chi connectivity index (χ2n) is 7.29. The zero-order valence-electron chi connectivity index (χ0n) is 15.6. The number of fused-ring (bicyclic) bond motifs is 2. The molecule has 0 bridgehead atoms. The molecule has 1 saturated carbocycles. The molecule has 2 N–H and O–H groups in total. The van der Waals surface area contributed by atoms with Gasteiger partial charge in [-0.1, -0.05) is 24.3 Å². The molecule has 2 aromatic carbocycles. The van der Waals surface area contributed by atoms with Crippen LogP contribution in [-0.2, 0) is 16.1 Å². The predicted octanol–water partition coefficient (Wildman–Crippen LogP) is 3.00. The minimum Gasteiger partial charge on any atom is -0.454 e. The van der Waals surface area contributed by atoms with Gasteiger partial charge in [0.05, 0.1) is 11.2 Å². The predicted molar refractivity (Wildman–Crippen MR) is 106 cm³/mol. The minimum absolute atomic E-state index is 0.206. The van der Waals surface area contributed by atoms with E-state index in [0.717, 1.165) is 10.9 Å². The van der Waals surface area contributed by atoms with Crippen molar-refractivity contribution in [1.82, 2.24) is 10.3 Å². The Morgan fingerprint density at radius 2 is 1.83 bits per heavy atom. The van der Waals surface area contributed by atoms with Crippen molar-refractivity contribution in [1.29, 1.82) is 0 Å². The van der Waals surface area contributed by atoms with Crippen molar-refractivity contribution in [2.75, 3.05) is 12.1 Å². The van der Waals surface area contributed by atoms with E-state index in [1.165, 1.54) is 0 Å². The molecule has 3 aromatic rings. The number of carbonyl (C=O) groups excluding carboxylic acids is 2. The number of hydrogen-bond donors (Lipinski definition) is 2. The van der Waals surface area contributed by atoms with E-state index < -0.39 is 5.41 Å². The quantitative estimate of drug-likeness (QED) is 0.655. The Labute approximate surface area is 167 Å². The Morgan fingerprint density at radius 1 is 1.00 bits per heavy atom. The van der Waals surface area contributed by atoms with Crippen molar-refractivity contribution in [3.8, 4) is 11.5 Å². The topological polar surface area (TPSA) is 89.5 Å². The lowest BCUT2D eigenvalue weighted by Gasteiger charge is -2.16. The first-order valence-corrected chi connectivity index (χ1v) is 9.48. The number of rotatable bonds is 5. The van der Waals surface area contributed by atoms with Gasteiger partial charge in [0.2, 0.25) is 18.6 Å². The molecule has 0 radical (unpaired) electrons. The number of anilines is 1. The standard InChI is InChI=1S/C22H19N3O4/c26-20(24-12-14-6-7-17-18(11-14)29-13-28-17)22(8-9-22)21(27)25-16-5-1-3-15-4-2-10-23-19(15)16/h1-7,10-11H,8-9,12-13H2,(H,24,26)(H,25,27). The molecular weight excluding hydrogens is 370 g/mol. The van der Waals surface area contributed by atoms with E-state index in [1.807, 2.05) is 42.5 Å². The fourth-order valence-electron chi connectivity index (χ4n) is 3.53. The van der Waals surface area contributed by atoms with E-state index in [0.29, 0.717) is 42.1 Å². The Bertz CT molecular complexity index is 1120. The van der Waals surface area contributed by atoms with Gasteiger partial charge in [-0.05, 0) is 42.7 Å². The number of nitrogens with zero attached hydrogens (tertiary/aromatic N) is 1. The van der Waals surface area contributed by atoms with Crippen molar-refractivity contribution in [2.24, 2.45) is 5.41 Å². The average Bonchev–Trinajstić information content (AvgIpc) is 3.44. The van der Waals surface area contributed by atoms with Gasteiger partial charge >= 0.3 is 0 Å². The van der Waals surface area contributed by atoms with Gasteiger partial charge in [0.15, 0.2) is 11.5 Å². The van der Waals surface area contributed by atoms with E-state index in [-0.39, 0.29) is 18.6 Å². The Morgan fingerprint density at radius 3 is 2.69 bits per heavy atom. The molecule has 5 rings (SSSR count). The first-order valence-electron chi connectivity index (χ1n) is 9.48. The number of hydrogen-bond acceptors (Lipinski definition) is 5. The first-order chi connectivity index (χ1) is 14.2. The molecule has 0 atom stereocenters. The van der Waals surface area contributed by atoms with Gasteiger partial charge in [0.25, 0.3) is 0 Å². The number of pyridine rings is 1. The van der Waals surface area contributed by atoms with Crippen LogP contribution in [0.25, 0.3) is 10.9 Å². The highest BCUT2D eigenvalue weighted by Gasteiger charge is 2.56. The van der Waals surface area contributed by atoms with E-state index in [9.17, 15) is 9.59 Å². The number of nitrogens with one attached hydrogen (secondary N) is 2. The van der Waals surface area contributed by atoms with Crippen molar-refractivity contribution in [3.63, 3.8) is 0 Å². The van der Waals surface area contributed by atoms with E-state index in [1.54, 1.807) is 12.3 Å². The third kappa shape index (κ3) is 3.14. The molecule has 146 valence electrons. The molecule has 1 aliphatic carbocycles. The second-order valence-corrected chi connectivity index (χ2v) is 7.29. The summed E-state index contributed by atoms with van der Waals surface area (Å²) in [5, 5.41) is 6.72. The Hall–Kier alpha value is -3.61. The summed E-state index contributed by atoms with van der Waals surface area (Å²) in [4.78, 5) is 30.0. The van der Waals surface area contributed by atoms with Crippen LogP contribution in [0.4, 0.5) is 5.69 Å². The molecular formula is C22H19N3O4. The Balaban J connectivity index is 1.28. The lowest BCUT2D eigenvalue weighted by atomic mass is 10.0. The molecule has 7 nitrogen and oxygen atoms in total. The van der Waals surface area contributed by atoms with E-state index in [2.05, 4.69) is 15.6 Å². The lowest BCUT2D eigenvalue weighted by molar-refractivity contribution is -0.134. The minimum atomic E-state index is -1.02. The van der Waals surface area contributed by atoms with Gasteiger partial charge in [-0.15, -0.1) is 0 Å². The van der Waals surface area contributed by atoms with Gasteiger partial charge < -0.3 is 20.1 Å². The summed E-state index contributed by atoms with van der Waals surface area (Å²) in [6, 6.07) is 14.9. The summed E-state index contributed by atoms with van der Waals surface area (Å²) in [5.41, 5.74) is 1.19. The number of benzene rings is 2. The number of ether oxygens (including phenoxy) is 2. The van der Waals surface area contributed by atoms with Crippen LogP contribution in [0.5, 0.6) is 11.5 Å². The summed E-state index contributed by atoms with van der Waals surface area (Å²) in [5.74, 6) is 0.806. The highest BCUT2D eigenvalue weighted by molar-refractivity contribution is 6.14. The van der Waals surface area contributed by atoms with E-state index >= 15 is 0 Å². The summed E-state index contributed by atoms with van der Waals surface area (Å²) in [7, 11) is 0. The van der Waals surface area contributed by atoms with E-state index in [4.69, 9.17) is 9.47 Å². The monoisotopic (exact) mass is 389 g/mol. The maximum atomic E-state index is 12.9. The maximum absolute atomic E-state index is 12.9. The molecule has 1 aliphatic heterocycles. The molecule has 2 amide bonds.